The minimum Gasteiger partial charge on any atom is -0.339 e. The first kappa shape index (κ1) is 17.2. The highest BCUT2D eigenvalue weighted by Gasteiger charge is 2.23. The first-order chi connectivity index (χ1) is 11.6. The summed E-state index contributed by atoms with van der Waals surface area (Å²) in [6.07, 6.45) is 4.55. The second kappa shape index (κ2) is 7.99. The number of likely N-dealkylation sites (tertiary alicyclic amines) is 1. The van der Waals surface area contributed by atoms with Crippen LogP contribution in [0.3, 0.4) is 0 Å². The maximum Gasteiger partial charge on any atom is 0.256 e. The van der Waals surface area contributed by atoms with Crippen molar-refractivity contribution in [3.63, 3.8) is 0 Å². The zero-order valence-corrected chi connectivity index (χ0v) is 14.6. The van der Waals surface area contributed by atoms with Gasteiger partial charge in [-0.25, -0.2) is 0 Å². The quantitative estimate of drug-likeness (QED) is 0.859. The van der Waals surface area contributed by atoms with E-state index in [2.05, 4.69) is 10.6 Å². The molecule has 2 amide bonds. The summed E-state index contributed by atoms with van der Waals surface area (Å²) in [5.74, 6) is 0.483. The van der Waals surface area contributed by atoms with Crippen molar-refractivity contribution in [2.45, 2.75) is 32.1 Å². The molecule has 0 spiro atoms. The molecule has 6 heteroatoms. The molecule has 2 fully saturated rings. The molecule has 2 aliphatic heterocycles. The van der Waals surface area contributed by atoms with Gasteiger partial charge in [-0.15, -0.1) is 0 Å². The van der Waals surface area contributed by atoms with Gasteiger partial charge in [-0.1, -0.05) is 11.6 Å². The van der Waals surface area contributed by atoms with E-state index >= 15 is 0 Å². The van der Waals surface area contributed by atoms with E-state index in [4.69, 9.17) is 11.6 Å². The second-order valence-corrected chi connectivity index (χ2v) is 7.07. The molecule has 0 aromatic heterocycles. The Hall–Kier alpha value is -1.59. The third kappa shape index (κ3) is 4.28. The van der Waals surface area contributed by atoms with Crippen molar-refractivity contribution in [3.8, 4) is 0 Å². The fraction of sp³-hybridized carbons (Fsp3) is 0.556. The zero-order chi connectivity index (χ0) is 16.9. The lowest BCUT2D eigenvalue weighted by atomic mass is 10.0. The molecule has 24 heavy (non-hydrogen) atoms. The largest absolute Gasteiger partial charge is 0.339 e. The van der Waals surface area contributed by atoms with Gasteiger partial charge in [0.05, 0.1) is 11.3 Å². The van der Waals surface area contributed by atoms with E-state index in [0.29, 0.717) is 28.6 Å². The third-order valence-electron chi connectivity index (χ3n) is 4.82. The molecular formula is C18H24ClN3O2. The van der Waals surface area contributed by atoms with Crippen molar-refractivity contribution >= 4 is 29.1 Å². The van der Waals surface area contributed by atoms with Gasteiger partial charge in [0.15, 0.2) is 0 Å². The minimum atomic E-state index is -0.0507. The first-order valence-electron chi connectivity index (χ1n) is 8.73. The molecule has 1 aromatic rings. The molecule has 130 valence electrons. The van der Waals surface area contributed by atoms with Gasteiger partial charge in [-0.3, -0.25) is 9.59 Å². The summed E-state index contributed by atoms with van der Waals surface area (Å²) in [6.45, 7) is 3.58. The number of nitrogens with one attached hydrogen (secondary N) is 2. The van der Waals surface area contributed by atoms with Crippen molar-refractivity contribution < 1.29 is 9.59 Å². The number of benzene rings is 1. The van der Waals surface area contributed by atoms with Gasteiger partial charge >= 0.3 is 0 Å². The normalized spacial score (nSPS) is 20.4. The lowest BCUT2D eigenvalue weighted by molar-refractivity contribution is -0.116. The Morgan fingerprint density at radius 1 is 1.29 bits per heavy atom. The summed E-state index contributed by atoms with van der Waals surface area (Å²) >= 11 is 6.06. The Balaban J connectivity index is 1.65. The number of amides is 2. The topological polar surface area (TPSA) is 61.4 Å². The SMILES string of the molecule is O=C(CCC1CCNC1)Nc1ccc(Cl)cc1C(=O)N1CCCC1. The van der Waals surface area contributed by atoms with E-state index in [1.165, 1.54) is 0 Å². The number of rotatable bonds is 5. The van der Waals surface area contributed by atoms with Crippen LogP contribution in [0.1, 0.15) is 42.5 Å². The Labute approximate surface area is 147 Å². The van der Waals surface area contributed by atoms with Gasteiger partial charge in [-0.2, -0.15) is 0 Å². The summed E-state index contributed by atoms with van der Waals surface area (Å²) in [5, 5.41) is 6.72. The standard InChI is InChI=1S/C18H24ClN3O2/c19-14-4-5-16(15(11-14)18(24)22-9-1-2-10-22)21-17(23)6-3-13-7-8-20-12-13/h4-5,11,13,20H,1-3,6-10,12H2,(H,21,23). The lowest BCUT2D eigenvalue weighted by Gasteiger charge is -2.18. The maximum atomic E-state index is 12.7. The highest BCUT2D eigenvalue weighted by atomic mass is 35.5. The van der Waals surface area contributed by atoms with E-state index in [-0.39, 0.29) is 11.8 Å². The fourth-order valence-electron chi connectivity index (χ4n) is 3.40. The molecule has 0 saturated carbocycles. The van der Waals surface area contributed by atoms with Crippen LogP contribution in [-0.2, 0) is 4.79 Å². The minimum absolute atomic E-state index is 0.0419. The molecule has 2 aliphatic rings. The van der Waals surface area contributed by atoms with Crippen LogP contribution in [0, 0.1) is 5.92 Å². The van der Waals surface area contributed by atoms with Crippen molar-refractivity contribution in [3.05, 3.63) is 28.8 Å². The smallest absolute Gasteiger partial charge is 0.256 e. The predicted octanol–water partition coefficient (Wildman–Crippen LogP) is 2.90. The number of carbonyl (C=O) groups excluding carboxylic acids is 2. The van der Waals surface area contributed by atoms with Crippen LogP contribution in [-0.4, -0.2) is 42.9 Å². The van der Waals surface area contributed by atoms with E-state index in [0.717, 1.165) is 51.9 Å². The van der Waals surface area contributed by atoms with Gasteiger partial charge in [0, 0.05) is 24.5 Å². The Morgan fingerprint density at radius 3 is 2.79 bits per heavy atom. The van der Waals surface area contributed by atoms with E-state index in [9.17, 15) is 9.59 Å². The van der Waals surface area contributed by atoms with E-state index in [1.54, 1.807) is 18.2 Å². The molecule has 2 heterocycles. The van der Waals surface area contributed by atoms with E-state index < -0.39 is 0 Å². The fourth-order valence-corrected chi connectivity index (χ4v) is 3.57. The molecule has 1 aromatic carbocycles. The monoisotopic (exact) mass is 349 g/mol. The summed E-state index contributed by atoms with van der Waals surface area (Å²) in [6, 6.07) is 5.08. The van der Waals surface area contributed by atoms with Crippen LogP contribution in [0.4, 0.5) is 5.69 Å². The van der Waals surface area contributed by atoms with Crippen LogP contribution in [0.2, 0.25) is 5.02 Å². The Bertz CT molecular complexity index is 608. The summed E-state index contributed by atoms with van der Waals surface area (Å²) in [5.41, 5.74) is 1.05. The Kier molecular flexibility index (Phi) is 5.74. The summed E-state index contributed by atoms with van der Waals surface area (Å²) in [4.78, 5) is 26.8. The first-order valence-corrected chi connectivity index (χ1v) is 9.10. The second-order valence-electron chi connectivity index (χ2n) is 6.63. The molecule has 0 radical (unpaired) electrons. The summed E-state index contributed by atoms with van der Waals surface area (Å²) < 4.78 is 0. The van der Waals surface area contributed by atoms with Crippen molar-refractivity contribution in [2.24, 2.45) is 5.92 Å². The molecule has 3 rings (SSSR count). The van der Waals surface area contributed by atoms with Gasteiger partial charge < -0.3 is 15.5 Å². The molecule has 2 saturated heterocycles. The molecule has 5 nitrogen and oxygen atoms in total. The number of nitrogens with zero attached hydrogens (tertiary/aromatic N) is 1. The van der Waals surface area contributed by atoms with Gasteiger partial charge in [-0.05, 0) is 62.9 Å². The highest BCUT2D eigenvalue weighted by molar-refractivity contribution is 6.31. The number of hydrogen-bond acceptors (Lipinski definition) is 3. The van der Waals surface area contributed by atoms with Gasteiger partial charge in [0.1, 0.15) is 0 Å². The number of anilines is 1. The van der Waals surface area contributed by atoms with Crippen molar-refractivity contribution in [2.75, 3.05) is 31.5 Å². The molecule has 2 N–H and O–H groups in total. The van der Waals surface area contributed by atoms with Crippen molar-refractivity contribution in [1.29, 1.82) is 0 Å². The van der Waals surface area contributed by atoms with Crippen LogP contribution in [0.5, 0.6) is 0 Å². The van der Waals surface area contributed by atoms with Crippen LogP contribution in [0.15, 0.2) is 18.2 Å². The number of hydrogen-bond donors (Lipinski definition) is 2. The number of halogens is 1. The molecule has 0 bridgehead atoms. The van der Waals surface area contributed by atoms with Crippen LogP contribution in [0.25, 0.3) is 0 Å². The Morgan fingerprint density at radius 2 is 2.08 bits per heavy atom. The molecule has 1 atom stereocenters. The molecule has 0 aliphatic carbocycles. The number of carbonyl (C=O) groups is 2. The van der Waals surface area contributed by atoms with Gasteiger partial charge in [0.2, 0.25) is 5.91 Å². The highest BCUT2D eigenvalue weighted by Crippen LogP contribution is 2.24. The third-order valence-corrected chi connectivity index (χ3v) is 5.06. The zero-order valence-electron chi connectivity index (χ0n) is 13.8. The lowest BCUT2D eigenvalue weighted by Crippen LogP contribution is -2.29. The molecular weight excluding hydrogens is 326 g/mol. The van der Waals surface area contributed by atoms with Crippen molar-refractivity contribution in [1.82, 2.24) is 10.2 Å². The van der Waals surface area contributed by atoms with Crippen LogP contribution < -0.4 is 10.6 Å². The average Bonchev–Trinajstić information content (AvgIpc) is 3.27. The molecule has 1 unspecified atom stereocenters. The van der Waals surface area contributed by atoms with E-state index in [1.807, 2.05) is 4.90 Å². The predicted molar refractivity (Wildman–Crippen MR) is 95.4 cm³/mol. The summed E-state index contributed by atoms with van der Waals surface area (Å²) in [7, 11) is 0. The maximum absolute atomic E-state index is 12.7. The van der Waals surface area contributed by atoms with Gasteiger partial charge in [0.25, 0.3) is 5.91 Å². The van der Waals surface area contributed by atoms with Crippen LogP contribution >= 0.6 is 11.6 Å². The average molecular weight is 350 g/mol.